The number of H-pyrrole nitrogens is 1. The molecule has 1 fully saturated rings. The van der Waals surface area contributed by atoms with Gasteiger partial charge < -0.3 is 25.3 Å². The third-order valence-corrected chi connectivity index (χ3v) is 6.76. The van der Waals surface area contributed by atoms with Crippen molar-refractivity contribution in [2.75, 3.05) is 30.8 Å². The largest absolute Gasteiger partial charge is 0.573 e. The van der Waals surface area contributed by atoms with Gasteiger partial charge in [-0.1, -0.05) is 35.3 Å². The van der Waals surface area contributed by atoms with Gasteiger partial charge >= 0.3 is 6.36 Å². The van der Waals surface area contributed by atoms with Gasteiger partial charge in [0.25, 0.3) is 5.91 Å². The van der Waals surface area contributed by atoms with E-state index in [1.54, 1.807) is 25.4 Å². The number of amides is 1. The van der Waals surface area contributed by atoms with Crippen LogP contribution in [0.2, 0.25) is 10.0 Å². The molecule has 0 spiro atoms. The van der Waals surface area contributed by atoms with Crippen LogP contribution >= 0.6 is 23.2 Å². The summed E-state index contributed by atoms with van der Waals surface area (Å²) in [6, 6.07) is 10.5. The van der Waals surface area contributed by atoms with E-state index in [-0.39, 0.29) is 27.2 Å². The molecule has 37 heavy (non-hydrogen) atoms. The lowest BCUT2D eigenvalue weighted by Crippen LogP contribution is -2.39. The van der Waals surface area contributed by atoms with E-state index in [1.807, 2.05) is 11.0 Å². The van der Waals surface area contributed by atoms with Crippen molar-refractivity contribution >= 4 is 46.4 Å². The summed E-state index contributed by atoms with van der Waals surface area (Å²) in [5, 5.41) is 14.3. The number of benzene rings is 2. The van der Waals surface area contributed by atoms with Gasteiger partial charge in [-0.05, 0) is 48.7 Å². The summed E-state index contributed by atoms with van der Waals surface area (Å²) in [4.78, 5) is 17.9. The molecule has 2 heterocycles. The third kappa shape index (κ3) is 6.14. The second kappa shape index (κ2) is 10.9. The van der Waals surface area contributed by atoms with E-state index in [2.05, 4.69) is 20.4 Å². The summed E-state index contributed by atoms with van der Waals surface area (Å²) < 4.78 is 43.4. The molecule has 1 aromatic heterocycles. The number of carbonyl (C=O) groups is 1. The van der Waals surface area contributed by atoms with Crippen molar-refractivity contribution in [3.63, 3.8) is 0 Å². The number of nitrogens with zero attached hydrogens (tertiary/aromatic N) is 1. The molecule has 0 aliphatic carbocycles. The SMILES string of the molecule is CNc1[nH]ccc1C(=N)N1CCCC(c2ccc(OC(F)(F)F)c(NC(=O)c3c(Cl)cccc3Cl)c2)C1. The zero-order valence-corrected chi connectivity index (χ0v) is 21.2. The average Bonchev–Trinajstić information content (AvgIpc) is 3.33. The quantitative estimate of drug-likeness (QED) is 0.201. The van der Waals surface area contributed by atoms with Gasteiger partial charge in [0.1, 0.15) is 11.7 Å². The minimum atomic E-state index is -4.96. The molecule has 1 aliphatic heterocycles. The smallest absolute Gasteiger partial charge is 0.404 e. The van der Waals surface area contributed by atoms with Gasteiger partial charge in [0, 0.05) is 32.3 Å². The van der Waals surface area contributed by atoms with Gasteiger partial charge in [0.2, 0.25) is 0 Å². The summed E-state index contributed by atoms with van der Waals surface area (Å²) in [6.45, 7) is 1.16. The van der Waals surface area contributed by atoms with Gasteiger partial charge in [0.15, 0.2) is 5.75 Å². The Bertz CT molecular complexity index is 1290. The number of piperidine rings is 1. The fraction of sp³-hybridized carbons (Fsp3) is 0.280. The number of hydrogen-bond donors (Lipinski definition) is 4. The molecule has 1 atom stereocenters. The van der Waals surface area contributed by atoms with Crippen LogP contribution in [0.5, 0.6) is 5.75 Å². The normalized spacial score (nSPS) is 15.8. The number of anilines is 2. The Labute approximate surface area is 221 Å². The number of nitrogens with one attached hydrogen (secondary N) is 4. The van der Waals surface area contributed by atoms with E-state index in [0.717, 1.165) is 24.2 Å². The summed E-state index contributed by atoms with van der Waals surface area (Å²) >= 11 is 12.2. The number of amidine groups is 1. The molecule has 1 amide bonds. The highest BCUT2D eigenvalue weighted by molar-refractivity contribution is 6.40. The van der Waals surface area contributed by atoms with Gasteiger partial charge in [-0.2, -0.15) is 0 Å². The Morgan fingerprint density at radius 2 is 1.92 bits per heavy atom. The number of carbonyl (C=O) groups excluding carboxylic acids is 1. The van der Waals surface area contributed by atoms with Crippen LogP contribution in [0.3, 0.4) is 0 Å². The van der Waals surface area contributed by atoms with E-state index < -0.39 is 18.0 Å². The van der Waals surface area contributed by atoms with Crippen LogP contribution in [0, 0.1) is 5.41 Å². The minimum absolute atomic E-state index is 0.0571. The van der Waals surface area contributed by atoms with Crippen LogP contribution in [0.15, 0.2) is 48.7 Å². The molecule has 4 rings (SSSR count). The lowest BCUT2D eigenvalue weighted by molar-refractivity contribution is -0.274. The molecule has 12 heteroatoms. The number of hydrogen-bond acceptors (Lipinski definition) is 4. The van der Waals surface area contributed by atoms with E-state index in [9.17, 15) is 18.0 Å². The first-order chi connectivity index (χ1) is 17.6. The molecule has 0 bridgehead atoms. The Hall–Kier alpha value is -3.37. The van der Waals surface area contributed by atoms with Gasteiger partial charge in [-0.25, -0.2) is 0 Å². The molecule has 3 aromatic rings. The van der Waals surface area contributed by atoms with Gasteiger partial charge in [-0.15, -0.1) is 13.2 Å². The van der Waals surface area contributed by atoms with Crippen LogP contribution in [0.1, 0.15) is 40.2 Å². The number of likely N-dealkylation sites (tertiary alicyclic amines) is 1. The third-order valence-electron chi connectivity index (χ3n) is 6.13. The molecule has 1 saturated heterocycles. The number of alkyl halides is 3. The zero-order chi connectivity index (χ0) is 26.7. The molecule has 4 N–H and O–H groups in total. The second-order valence-corrected chi connectivity index (χ2v) is 9.32. The Morgan fingerprint density at radius 3 is 2.59 bits per heavy atom. The maximum atomic E-state index is 13.1. The fourth-order valence-corrected chi connectivity index (χ4v) is 4.98. The monoisotopic (exact) mass is 553 g/mol. The number of ether oxygens (including phenoxy) is 1. The minimum Gasteiger partial charge on any atom is -0.404 e. The second-order valence-electron chi connectivity index (χ2n) is 8.50. The van der Waals surface area contributed by atoms with Crippen LogP contribution in [0.4, 0.5) is 24.7 Å². The number of aromatic nitrogens is 1. The highest BCUT2D eigenvalue weighted by Crippen LogP contribution is 2.37. The molecular weight excluding hydrogens is 530 g/mol. The molecule has 7 nitrogen and oxygen atoms in total. The Kier molecular flexibility index (Phi) is 7.89. The summed E-state index contributed by atoms with van der Waals surface area (Å²) in [5.41, 5.74) is 1.21. The fourth-order valence-electron chi connectivity index (χ4n) is 4.41. The van der Waals surface area contributed by atoms with Gasteiger partial charge in [-0.3, -0.25) is 10.2 Å². The molecule has 2 aromatic carbocycles. The van der Waals surface area contributed by atoms with Crippen molar-refractivity contribution in [3.8, 4) is 5.75 Å². The number of rotatable bonds is 6. The number of aromatic amines is 1. The van der Waals surface area contributed by atoms with Crippen molar-refractivity contribution in [1.29, 1.82) is 5.41 Å². The zero-order valence-electron chi connectivity index (χ0n) is 19.7. The van der Waals surface area contributed by atoms with Crippen molar-refractivity contribution in [1.82, 2.24) is 9.88 Å². The molecule has 196 valence electrons. The topological polar surface area (TPSA) is 93.2 Å². The van der Waals surface area contributed by atoms with Crippen LogP contribution in [-0.2, 0) is 0 Å². The van der Waals surface area contributed by atoms with E-state index >= 15 is 0 Å². The first kappa shape index (κ1) is 26.7. The average molecular weight is 554 g/mol. The molecule has 0 radical (unpaired) electrons. The lowest BCUT2D eigenvalue weighted by Gasteiger charge is -2.35. The summed E-state index contributed by atoms with van der Waals surface area (Å²) in [7, 11) is 1.76. The molecule has 1 aliphatic rings. The highest BCUT2D eigenvalue weighted by atomic mass is 35.5. The first-order valence-electron chi connectivity index (χ1n) is 11.4. The number of halogens is 5. The summed E-state index contributed by atoms with van der Waals surface area (Å²) in [5.74, 6) is -0.346. The first-order valence-corrected chi connectivity index (χ1v) is 12.2. The van der Waals surface area contributed by atoms with Crippen molar-refractivity contribution in [2.45, 2.75) is 25.1 Å². The van der Waals surface area contributed by atoms with E-state index in [4.69, 9.17) is 28.6 Å². The van der Waals surface area contributed by atoms with Crippen molar-refractivity contribution < 1.29 is 22.7 Å². The van der Waals surface area contributed by atoms with Crippen LogP contribution in [0.25, 0.3) is 0 Å². The van der Waals surface area contributed by atoms with Crippen LogP contribution < -0.4 is 15.4 Å². The van der Waals surface area contributed by atoms with Crippen LogP contribution in [-0.4, -0.2) is 48.1 Å². The van der Waals surface area contributed by atoms with E-state index in [1.165, 1.54) is 24.3 Å². The standard InChI is InChI=1S/C25H24Cl2F3N5O2/c1-32-23-16(9-10-33-23)22(31)35-11-3-4-15(13-35)14-7-8-20(37-25(28,29)30)19(12-14)34-24(36)21-17(26)5-2-6-18(21)27/h2,5-10,12,15,31-33H,3-4,11,13H2,1H3,(H,34,36). The summed E-state index contributed by atoms with van der Waals surface area (Å²) in [6.07, 6.45) is -1.67. The van der Waals surface area contributed by atoms with E-state index in [0.29, 0.717) is 24.5 Å². The molecule has 0 saturated carbocycles. The maximum absolute atomic E-state index is 13.1. The van der Waals surface area contributed by atoms with Gasteiger partial charge in [0.05, 0.1) is 26.9 Å². The Morgan fingerprint density at radius 1 is 1.19 bits per heavy atom. The molecule has 1 unspecified atom stereocenters. The van der Waals surface area contributed by atoms with Crippen molar-refractivity contribution in [3.05, 3.63) is 75.4 Å². The molecular formula is C25H24Cl2F3N5O2. The lowest BCUT2D eigenvalue weighted by atomic mass is 9.89. The Balaban J connectivity index is 1.62. The van der Waals surface area contributed by atoms with Crippen molar-refractivity contribution in [2.24, 2.45) is 0 Å². The maximum Gasteiger partial charge on any atom is 0.573 e. The predicted octanol–water partition coefficient (Wildman–Crippen LogP) is 6.72. The highest BCUT2D eigenvalue weighted by Gasteiger charge is 2.33. The predicted molar refractivity (Wildman–Crippen MR) is 138 cm³/mol.